The van der Waals surface area contributed by atoms with Crippen LogP contribution in [0.5, 0.6) is 5.75 Å². The van der Waals surface area contributed by atoms with Crippen molar-refractivity contribution in [3.8, 4) is 5.75 Å². The van der Waals surface area contributed by atoms with Crippen LogP contribution in [0.15, 0.2) is 22.7 Å². The lowest BCUT2D eigenvalue weighted by molar-refractivity contribution is 0.289. The van der Waals surface area contributed by atoms with Crippen molar-refractivity contribution in [1.29, 1.82) is 0 Å². The lowest BCUT2D eigenvalue weighted by Crippen LogP contribution is -2.10. The highest BCUT2D eigenvalue weighted by Gasteiger charge is 2.14. The van der Waals surface area contributed by atoms with Gasteiger partial charge in [0.25, 0.3) is 0 Å². The molecule has 0 amide bonds. The molecule has 0 bridgehead atoms. The average Bonchev–Trinajstić information content (AvgIpc) is 2.72. The Bertz CT molecular complexity index is 635. The molecule has 5 heteroatoms. The summed E-state index contributed by atoms with van der Waals surface area (Å²) in [6.45, 7) is 6.58. The Kier molecular flexibility index (Phi) is 5.06. The zero-order chi connectivity index (χ0) is 15.6. The normalized spacial score (nSPS) is 12.5. The molecule has 2 N–H and O–H groups in total. The zero-order valence-corrected chi connectivity index (χ0v) is 14.6. The second-order valence-electron chi connectivity index (χ2n) is 5.30. The van der Waals surface area contributed by atoms with Crippen LogP contribution in [-0.4, -0.2) is 9.78 Å². The van der Waals surface area contributed by atoms with Gasteiger partial charge in [0.05, 0.1) is 15.9 Å². The molecule has 1 aromatic carbocycles. The molecule has 0 unspecified atom stereocenters. The van der Waals surface area contributed by atoms with Gasteiger partial charge < -0.3 is 10.5 Å². The number of ether oxygens (including phenoxy) is 1. The largest absolute Gasteiger partial charge is 0.487 e. The molecule has 0 saturated heterocycles. The maximum Gasteiger partial charge on any atom is 0.131 e. The Morgan fingerprint density at radius 1 is 1.43 bits per heavy atom. The molecule has 1 aromatic heterocycles. The standard InChI is InChI=1S/C16H22BrN3O/c1-5-13-16(17)14(20(4)19-13)9-21-15-7-6-10(2)8-12(15)11(3)18/h6-8,11H,5,9,18H2,1-4H3/t11-/m0/s1. The summed E-state index contributed by atoms with van der Waals surface area (Å²) in [5.74, 6) is 0.835. The molecule has 0 spiro atoms. The molecule has 0 aliphatic heterocycles. The van der Waals surface area contributed by atoms with Gasteiger partial charge in [0.2, 0.25) is 0 Å². The van der Waals surface area contributed by atoms with Crippen LogP contribution in [0.25, 0.3) is 0 Å². The van der Waals surface area contributed by atoms with E-state index in [1.807, 2.05) is 30.8 Å². The van der Waals surface area contributed by atoms with Gasteiger partial charge >= 0.3 is 0 Å². The van der Waals surface area contributed by atoms with Gasteiger partial charge in [-0.05, 0) is 42.3 Å². The summed E-state index contributed by atoms with van der Waals surface area (Å²) >= 11 is 3.61. The topological polar surface area (TPSA) is 53.1 Å². The van der Waals surface area contributed by atoms with Gasteiger partial charge in [-0.3, -0.25) is 4.68 Å². The van der Waals surface area contributed by atoms with E-state index in [0.29, 0.717) is 6.61 Å². The fraction of sp³-hybridized carbons (Fsp3) is 0.438. The minimum absolute atomic E-state index is 0.0546. The lowest BCUT2D eigenvalue weighted by Gasteiger charge is -2.15. The third-order valence-electron chi connectivity index (χ3n) is 3.52. The monoisotopic (exact) mass is 351 g/mol. The fourth-order valence-corrected chi connectivity index (χ4v) is 3.01. The number of benzene rings is 1. The minimum atomic E-state index is -0.0546. The van der Waals surface area contributed by atoms with Crippen LogP contribution in [-0.2, 0) is 20.1 Å². The van der Waals surface area contributed by atoms with E-state index in [1.54, 1.807) is 0 Å². The number of halogens is 1. The molecule has 21 heavy (non-hydrogen) atoms. The molecule has 1 heterocycles. The van der Waals surface area contributed by atoms with E-state index >= 15 is 0 Å². The number of rotatable bonds is 5. The minimum Gasteiger partial charge on any atom is -0.487 e. The van der Waals surface area contributed by atoms with Crippen molar-refractivity contribution in [3.63, 3.8) is 0 Å². The van der Waals surface area contributed by atoms with Gasteiger partial charge in [0, 0.05) is 18.7 Å². The van der Waals surface area contributed by atoms with Crippen molar-refractivity contribution in [3.05, 3.63) is 45.2 Å². The first-order chi connectivity index (χ1) is 9.93. The highest BCUT2D eigenvalue weighted by Crippen LogP contribution is 2.28. The highest BCUT2D eigenvalue weighted by molar-refractivity contribution is 9.10. The predicted octanol–water partition coefficient (Wildman–Crippen LogP) is 3.65. The molecule has 0 radical (unpaired) electrons. The van der Waals surface area contributed by atoms with Crippen LogP contribution in [0.1, 0.15) is 42.4 Å². The van der Waals surface area contributed by atoms with Gasteiger partial charge in [-0.25, -0.2) is 0 Å². The highest BCUT2D eigenvalue weighted by atomic mass is 79.9. The number of nitrogens with zero attached hydrogens (tertiary/aromatic N) is 2. The average molecular weight is 352 g/mol. The Morgan fingerprint density at radius 2 is 2.14 bits per heavy atom. The predicted molar refractivity (Wildman–Crippen MR) is 88.4 cm³/mol. The number of hydrogen-bond acceptors (Lipinski definition) is 3. The second-order valence-corrected chi connectivity index (χ2v) is 6.10. The summed E-state index contributed by atoms with van der Waals surface area (Å²) in [6, 6.07) is 6.05. The molecule has 0 aliphatic carbocycles. The van der Waals surface area contributed by atoms with E-state index in [-0.39, 0.29) is 6.04 Å². The molecule has 114 valence electrons. The van der Waals surface area contributed by atoms with Gasteiger partial charge in [-0.15, -0.1) is 0 Å². The SMILES string of the molecule is CCc1nn(C)c(COc2ccc(C)cc2[C@H](C)N)c1Br. The maximum absolute atomic E-state index is 6.03. The quantitative estimate of drug-likeness (QED) is 0.894. The van der Waals surface area contributed by atoms with Crippen molar-refractivity contribution in [2.45, 2.75) is 39.8 Å². The third kappa shape index (κ3) is 3.47. The second kappa shape index (κ2) is 6.62. The summed E-state index contributed by atoms with van der Waals surface area (Å²) in [7, 11) is 1.93. The van der Waals surface area contributed by atoms with Crippen molar-refractivity contribution in [2.24, 2.45) is 12.8 Å². The molecule has 2 rings (SSSR count). The Hall–Kier alpha value is -1.33. The van der Waals surface area contributed by atoms with Crippen LogP contribution in [0, 0.1) is 6.92 Å². The first kappa shape index (κ1) is 16.0. The van der Waals surface area contributed by atoms with Gasteiger partial charge in [-0.1, -0.05) is 24.6 Å². The van der Waals surface area contributed by atoms with Crippen molar-refractivity contribution >= 4 is 15.9 Å². The Morgan fingerprint density at radius 3 is 2.71 bits per heavy atom. The van der Waals surface area contributed by atoms with E-state index in [2.05, 4.69) is 40.9 Å². The molecule has 0 fully saturated rings. The van der Waals surface area contributed by atoms with E-state index in [1.165, 1.54) is 5.56 Å². The van der Waals surface area contributed by atoms with Gasteiger partial charge in [0.15, 0.2) is 0 Å². The third-order valence-corrected chi connectivity index (χ3v) is 4.44. The maximum atomic E-state index is 6.03. The molecule has 4 nitrogen and oxygen atoms in total. The van der Waals surface area contributed by atoms with Crippen molar-refractivity contribution in [2.75, 3.05) is 0 Å². The molecular weight excluding hydrogens is 330 g/mol. The van der Waals surface area contributed by atoms with E-state index in [4.69, 9.17) is 10.5 Å². The lowest BCUT2D eigenvalue weighted by atomic mass is 10.1. The van der Waals surface area contributed by atoms with Crippen molar-refractivity contribution < 1.29 is 4.74 Å². The summed E-state index contributed by atoms with van der Waals surface area (Å²) in [5, 5.41) is 4.48. The van der Waals surface area contributed by atoms with E-state index in [9.17, 15) is 0 Å². The fourth-order valence-electron chi connectivity index (χ4n) is 2.28. The van der Waals surface area contributed by atoms with E-state index in [0.717, 1.165) is 33.6 Å². The number of aromatic nitrogens is 2. The molecule has 1 atom stereocenters. The number of nitrogens with two attached hydrogens (primary N) is 1. The molecular formula is C16H22BrN3O. The number of hydrogen-bond donors (Lipinski definition) is 1. The molecule has 2 aromatic rings. The smallest absolute Gasteiger partial charge is 0.131 e. The van der Waals surface area contributed by atoms with Crippen LogP contribution < -0.4 is 10.5 Å². The van der Waals surface area contributed by atoms with Crippen LogP contribution in [0.2, 0.25) is 0 Å². The molecule has 0 saturated carbocycles. The van der Waals surface area contributed by atoms with Crippen LogP contribution >= 0.6 is 15.9 Å². The van der Waals surface area contributed by atoms with Crippen LogP contribution in [0.3, 0.4) is 0 Å². The molecule has 0 aliphatic rings. The van der Waals surface area contributed by atoms with Gasteiger partial charge in [-0.2, -0.15) is 5.10 Å². The summed E-state index contributed by atoms with van der Waals surface area (Å²) < 4.78 is 8.88. The first-order valence-corrected chi connectivity index (χ1v) is 7.92. The summed E-state index contributed by atoms with van der Waals surface area (Å²) in [6.07, 6.45) is 0.893. The van der Waals surface area contributed by atoms with Crippen molar-refractivity contribution in [1.82, 2.24) is 9.78 Å². The summed E-state index contributed by atoms with van der Waals surface area (Å²) in [4.78, 5) is 0. The summed E-state index contributed by atoms with van der Waals surface area (Å²) in [5.41, 5.74) is 10.3. The Labute approximate surface area is 134 Å². The van der Waals surface area contributed by atoms with Crippen LogP contribution in [0.4, 0.5) is 0 Å². The van der Waals surface area contributed by atoms with E-state index < -0.39 is 0 Å². The first-order valence-electron chi connectivity index (χ1n) is 7.13. The number of aryl methyl sites for hydroxylation is 3. The zero-order valence-electron chi connectivity index (χ0n) is 13.0. The Balaban J connectivity index is 2.23. The van der Waals surface area contributed by atoms with Gasteiger partial charge in [0.1, 0.15) is 12.4 Å².